The fourth-order valence-electron chi connectivity index (χ4n) is 2.09. The topological polar surface area (TPSA) is 44.9 Å². The van der Waals surface area contributed by atoms with Crippen molar-refractivity contribution in [2.75, 3.05) is 0 Å². The molecule has 0 aliphatic carbocycles. The molecule has 1 unspecified atom stereocenters. The molecule has 1 amide bonds. The van der Waals surface area contributed by atoms with Gasteiger partial charge >= 0.3 is 0 Å². The van der Waals surface area contributed by atoms with Crippen LogP contribution in [-0.2, 0) is 11.3 Å². The summed E-state index contributed by atoms with van der Waals surface area (Å²) in [5, 5.41) is 4.25. The highest BCUT2D eigenvalue weighted by Crippen LogP contribution is 2.29. The van der Waals surface area contributed by atoms with Crippen LogP contribution in [0.15, 0.2) is 18.2 Å². The van der Waals surface area contributed by atoms with Crippen LogP contribution in [0.4, 0.5) is 4.39 Å². The van der Waals surface area contributed by atoms with Crippen LogP contribution in [0.3, 0.4) is 0 Å². The molecule has 0 bridgehead atoms. The lowest BCUT2D eigenvalue weighted by atomic mass is 10.0. The molecule has 108 valence electrons. The first-order valence-corrected chi connectivity index (χ1v) is 6.99. The molecular weight excluding hydrogens is 279 g/mol. The fraction of sp³-hybridized carbons (Fsp3) is 0.400. The van der Waals surface area contributed by atoms with Crippen LogP contribution >= 0.6 is 11.6 Å². The minimum absolute atomic E-state index is 0.274. The van der Waals surface area contributed by atoms with Gasteiger partial charge in [-0.3, -0.25) is 4.79 Å². The smallest absolute Gasteiger partial charge is 0.254 e. The molecule has 0 radical (unpaired) electrons. The number of nitrogens with one attached hydrogen (secondary N) is 2. The zero-order chi connectivity index (χ0) is 14.9. The van der Waals surface area contributed by atoms with E-state index in [1.165, 1.54) is 6.92 Å². The average molecular weight is 297 g/mol. The van der Waals surface area contributed by atoms with Crippen molar-refractivity contribution >= 4 is 28.4 Å². The number of halogens is 2. The van der Waals surface area contributed by atoms with Gasteiger partial charge in [0, 0.05) is 21.6 Å². The second-order valence-corrected chi connectivity index (χ2v) is 5.65. The third-order valence-electron chi connectivity index (χ3n) is 3.23. The van der Waals surface area contributed by atoms with Gasteiger partial charge in [-0.15, -0.1) is 0 Å². The molecule has 0 aliphatic heterocycles. The summed E-state index contributed by atoms with van der Waals surface area (Å²) in [5.74, 6) is -0.268. The van der Waals surface area contributed by atoms with Gasteiger partial charge in [-0.25, -0.2) is 4.39 Å². The van der Waals surface area contributed by atoms with Crippen LogP contribution < -0.4 is 5.32 Å². The lowest BCUT2D eigenvalue weighted by Crippen LogP contribution is -2.29. The van der Waals surface area contributed by atoms with E-state index in [1.807, 2.05) is 18.2 Å². The van der Waals surface area contributed by atoms with Crippen LogP contribution in [0.25, 0.3) is 10.9 Å². The predicted octanol–water partition coefficient (Wildman–Crippen LogP) is 3.92. The third-order valence-corrected chi connectivity index (χ3v) is 3.56. The summed E-state index contributed by atoms with van der Waals surface area (Å²) in [4.78, 5) is 14.4. The number of hydrogen-bond acceptors (Lipinski definition) is 1. The maximum absolute atomic E-state index is 12.8. The van der Waals surface area contributed by atoms with Crippen molar-refractivity contribution in [1.29, 1.82) is 0 Å². The van der Waals surface area contributed by atoms with Crippen LogP contribution in [-0.4, -0.2) is 17.1 Å². The molecule has 0 aliphatic rings. The number of H-pyrrole nitrogens is 1. The van der Waals surface area contributed by atoms with E-state index < -0.39 is 12.1 Å². The predicted molar refractivity (Wildman–Crippen MR) is 79.8 cm³/mol. The third kappa shape index (κ3) is 3.12. The molecule has 3 nitrogen and oxygen atoms in total. The number of aromatic amines is 1. The highest BCUT2D eigenvalue weighted by molar-refractivity contribution is 6.32. The van der Waals surface area contributed by atoms with Crippen LogP contribution in [0.2, 0.25) is 5.02 Å². The van der Waals surface area contributed by atoms with Crippen molar-refractivity contribution in [1.82, 2.24) is 10.3 Å². The number of aromatic nitrogens is 1. The second-order valence-electron chi connectivity index (χ2n) is 5.24. The van der Waals surface area contributed by atoms with Crippen LogP contribution in [0.5, 0.6) is 0 Å². The summed E-state index contributed by atoms with van der Waals surface area (Å²) in [5.41, 5.74) is 2.87. The Kier molecular flexibility index (Phi) is 4.33. The number of alkyl halides is 1. The van der Waals surface area contributed by atoms with Gasteiger partial charge in [0.05, 0.1) is 6.54 Å². The maximum Gasteiger partial charge on any atom is 0.254 e. The summed E-state index contributed by atoms with van der Waals surface area (Å²) < 4.78 is 12.8. The Hall–Kier alpha value is -1.55. The normalized spacial score (nSPS) is 12.9. The summed E-state index contributed by atoms with van der Waals surface area (Å²) >= 11 is 6.24. The van der Waals surface area contributed by atoms with E-state index in [1.54, 1.807) is 0 Å². The lowest BCUT2D eigenvalue weighted by molar-refractivity contribution is -0.125. The van der Waals surface area contributed by atoms with Crippen LogP contribution in [0.1, 0.15) is 37.9 Å². The number of fused-ring (bicyclic) bond motifs is 1. The molecule has 0 saturated heterocycles. The SMILES string of the molecule is CC(F)C(=O)NCc1cc2cc(Cl)c(C(C)C)cc2[nH]1. The first kappa shape index (κ1) is 14.9. The average Bonchev–Trinajstić information content (AvgIpc) is 2.76. The number of rotatable bonds is 4. The minimum atomic E-state index is -1.50. The van der Waals surface area contributed by atoms with E-state index in [9.17, 15) is 9.18 Å². The van der Waals surface area contributed by atoms with Gasteiger partial charge in [-0.05, 0) is 36.6 Å². The van der Waals surface area contributed by atoms with Gasteiger partial charge < -0.3 is 10.3 Å². The molecule has 0 saturated carbocycles. The molecule has 1 aromatic heterocycles. The first-order chi connectivity index (χ1) is 9.38. The Labute approximate surface area is 122 Å². The second kappa shape index (κ2) is 5.83. The quantitative estimate of drug-likeness (QED) is 0.882. The number of benzene rings is 1. The summed E-state index contributed by atoms with van der Waals surface area (Å²) in [6.07, 6.45) is -1.50. The summed E-state index contributed by atoms with van der Waals surface area (Å²) in [6, 6.07) is 5.84. The highest BCUT2D eigenvalue weighted by atomic mass is 35.5. The van der Waals surface area contributed by atoms with Gasteiger partial charge in [0.1, 0.15) is 0 Å². The van der Waals surface area contributed by atoms with Crippen molar-refractivity contribution in [3.8, 4) is 0 Å². The molecule has 1 heterocycles. The monoisotopic (exact) mass is 296 g/mol. The Balaban J connectivity index is 2.23. The molecular formula is C15H18ClFN2O. The highest BCUT2D eigenvalue weighted by Gasteiger charge is 2.12. The molecule has 2 aromatic rings. The van der Waals surface area contributed by atoms with Crippen molar-refractivity contribution in [2.24, 2.45) is 0 Å². The molecule has 0 fully saturated rings. The van der Waals surface area contributed by atoms with Gasteiger partial charge in [0.25, 0.3) is 5.91 Å². The van der Waals surface area contributed by atoms with Crippen molar-refractivity contribution in [2.45, 2.75) is 39.4 Å². The molecule has 2 N–H and O–H groups in total. The molecule has 2 rings (SSSR count). The van der Waals surface area contributed by atoms with E-state index in [4.69, 9.17) is 11.6 Å². The van der Waals surface area contributed by atoms with E-state index in [0.29, 0.717) is 5.92 Å². The largest absolute Gasteiger partial charge is 0.357 e. The summed E-state index contributed by atoms with van der Waals surface area (Å²) in [6.45, 7) is 5.66. The standard InChI is InChI=1S/C15H18ClFN2O/c1-8(2)12-6-14-10(5-13(12)16)4-11(19-14)7-18-15(20)9(3)17/h4-6,8-9,19H,7H2,1-3H3,(H,18,20). The zero-order valence-corrected chi connectivity index (χ0v) is 12.5. The van der Waals surface area contributed by atoms with Crippen molar-refractivity contribution in [3.63, 3.8) is 0 Å². The van der Waals surface area contributed by atoms with Gasteiger partial charge in [-0.2, -0.15) is 0 Å². The summed E-state index contributed by atoms with van der Waals surface area (Å²) in [7, 11) is 0. The van der Waals surface area contributed by atoms with Crippen molar-refractivity contribution < 1.29 is 9.18 Å². The number of carbonyl (C=O) groups is 1. The molecule has 0 spiro atoms. The lowest BCUT2D eigenvalue weighted by Gasteiger charge is -2.07. The minimum Gasteiger partial charge on any atom is -0.357 e. The van der Waals surface area contributed by atoms with E-state index in [0.717, 1.165) is 27.2 Å². The molecule has 1 aromatic carbocycles. The molecule has 1 atom stereocenters. The van der Waals surface area contributed by atoms with E-state index in [2.05, 4.69) is 24.1 Å². The van der Waals surface area contributed by atoms with Crippen LogP contribution in [0, 0.1) is 0 Å². The molecule has 5 heteroatoms. The Morgan fingerprint density at radius 3 is 2.65 bits per heavy atom. The van der Waals surface area contributed by atoms with Gasteiger partial charge in [0.2, 0.25) is 0 Å². The number of carbonyl (C=O) groups excluding carboxylic acids is 1. The number of hydrogen-bond donors (Lipinski definition) is 2. The van der Waals surface area contributed by atoms with E-state index >= 15 is 0 Å². The fourth-order valence-corrected chi connectivity index (χ4v) is 2.48. The Morgan fingerprint density at radius 1 is 1.35 bits per heavy atom. The molecule has 20 heavy (non-hydrogen) atoms. The van der Waals surface area contributed by atoms with Gasteiger partial charge in [0.15, 0.2) is 6.17 Å². The maximum atomic E-state index is 12.8. The Bertz CT molecular complexity index is 634. The Morgan fingerprint density at radius 2 is 2.05 bits per heavy atom. The zero-order valence-electron chi connectivity index (χ0n) is 11.8. The van der Waals surface area contributed by atoms with E-state index in [-0.39, 0.29) is 6.54 Å². The van der Waals surface area contributed by atoms with Gasteiger partial charge in [-0.1, -0.05) is 25.4 Å². The first-order valence-electron chi connectivity index (χ1n) is 6.61. The van der Waals surface area contributed by atoms with Crippen molar-refractivity contribution in [3.05, 3.63) is 34.5 Å². The number of amides is 1.